The lowest BCUT2D eigenvalue weighted by Gasteiger charge is -2.43. The van der Waals surface area contributed by atoms with E-state index in [2.05, 4.69) is 56.0 Å². The average Bonchev–Trinajstić information content (AvgIpc) is 2.54. The van der Waals surface area contributed by atoms with Gasteiger partial charge in [-0.2, -0.15) is 0 Å². The Balaban J connectivity index is 1.95. The second-order valence-electron chi connectivity index (χ2n) is 7.25. The van der Waals surface area contributed by atoms with Crippen molar-refractivity contribution in [2.75, 3.05) is 46.6 Å². The lowest BCUT2D eigenvalue weighted by molar-refractivity contribution is -0.131. The van der Waals surface area contributed by atoms with Gasteiger partial charge in [0.15, 0.2) is 0 Å². The Morgan fingerprint density at radius 3 is 2.48 bits per heavy atom. The first-order valence-corrected chi connectivity index (χ1v) is 8.50. The van der Waals surface area contributed by atoms with Gasteiger partial charge in [-0.05, 0) is 11.0 Å². The molecule has 0 unspecified atom stereocenters. The molecule has 0 bridgehead atoms. The first kappa shape index (κ1) is 18.4. The summed E-state index contributed by atoms with van der Waals surface area (Å²) in [5.74, 6) is 0. The third-order valence-corrected chi connectivity index (χ3v) is 4.30. The van der Waals surface area contributed by atoms with Crippen molar-refractivity contribution >= 4 is 0 Å². The lowest BCUT2D eigenvalue weighted by atomic mass is 9.87. The van der Waals surface area contributed by atoms with Crippen molar-refractivity contribution in [1.29, 1.82) is 0 Å². The van der Waals surface area contributed by atoms with Gasteiger partial charge in [0.2, 0.25) is 0 Å². The Bertz CT molecular complexity index is 444. The van der Waals surface area contributed by atoms with Gasteiger partial charge in [0.25, 0.3) is 0 Å². The van der Waals surface area contributed by atoms with Crippen LogP contribution in [0.2, 0.25) is 0 Å². The Labute approximate surface area is 140 Å². The van der Waals surface area contributed by atoms with Crippen molar-refractivity contribution in [1.82, 2.24) is 4.90 Å². The van der Waals surface area contributed by atoms with Gasteiger partial charge in [-0.3, -0.25) is 4.90 Å². The van der Waals surface area contributed by atoms with Crippen LogP contribution >= 0.6 is 0 Å². The minimum atomic E-state index is 0.128. The largest absolute Gasteiger partial charge is 0.382 e. The number of hydrogen-bond acceptors (Lipinski definition) is 4. The van der Waals surface area contributed by atoms with Crippen LogP contribution < -0.4 is 0 Å². The van der Waals surface area contributed by atoms with Gasteiger partial charge in [0, 0.05) is 26.7 Å². The molecular weight excluding hydrogens is 290 g/mol. The molecule has 0 spiro atoms. The average molecular weight is 321 g/mol. The zero-order valence-electron chi connectivity index (χ0n) is 15.0. The predicted octanol–water partition coefficient (Wildman–Crippen LogP) is 3.14. The molecule has 0 aromatic heterocycles. The lowest BCUT2D eigenvalue weighted by Crippen LogP contribution is -2.49. The molecule has 1 aliphatic rings. The zero-order valence-corrected chi connectivity index (χ0v) is 15.0. The summed E-state index contributed by atoms with van der Waals surface area (Å²) in [6.07, 6.45) is 0.355. The Morgan fingerprint density at radius 1 is 1.09 bits per heavy atom. The molecule has 1 aliphatic heterocycles. The number of benzene rings is 1. The molecule has 4 heteroatoms. The highest BCUT2D eigenvalue weighted by atomic mass is 16.5. The number of ether oxygens (including phenoxy) is 3. The maximum atomic E-state index is 6.41. The van der Waals surface area contributed by atoms with Crippen LogP contribution in [0.5, 0.6) is 0 Å². The molecule has 0 radical (unpaired) electrons. The van der Waals surface area contributed by atoms with Gasteiger partial charge in [0.05, 0.1) is 32.0 Å². The maximum Gasteiger partial charge on any atom is 0.0956 e. The van der Waals surface area contributed by atoms with Crippen LogP contribution in [0.3, 0.4) is 0 Å². The fourth-order valence-electron chi connectivity index (χ4n) is 2.78. The van der Waals surface area contributed by atoms with Crippen molar-refractivity contribution in [3.63, 3.8) is 0 Å². The normalized spacial score (nSPS) is 23.1. The molecule has 2 atom stereocenters. The third kappa shape index (κ3) is 5.88. The van der Waals surface area contributed by atoms with Crippen LogP contribution in [0.1, 0.15) is 32.4 Å². The van der Waals surface area contributed by atoms with Gasteiger partial charge in [0.1, 0.15) is 0 Å². The molecular formula is C19H31NO3. The summed E-state index contributed by atoms with van der Waals surface area (Å²) in [6.45, 7) is 11.6. The number of nitrogens with zero attached hydrogens (tertiary/aromatic N) is 1. The number of hydrogen-bond donors (Lipinski definition) is 0. The molecule has 1 fully saturated rings. The molecule has 130 valence electrons. The van der Waals surface area contributed by atoms with E-state index in [0.717, 1.165) is 26.2 Å². The molecule has 1 saturated heterocycles. The molecule has 4 nitrogen and oxygen atoms in total. The molecule has 1 heterocycles. The summed E-state index contributed by atoms with van der Waals surface area (Å²) in [5, 5.41) is 0. The Kier molecular flexibility index (Phi) is 7.03. The number of methoxy groups -OCH3 is 1. The van der Waals surface area contributed by atoms with Crippen LogP contribution in [-0.4, -0.2) is 57.6 Å². The van der Waals surface area contributed by atoms with Crippen LogP contribution in [0.25, 0.3) is 0 Å². The minimum Gasteiger partial charge on any atom is -0.382 e. The molecule has 2 rings (SSSR count). The summed E-state index contributed by atoms with van der Waals surface area (Å²) in [4.78, 5) is 2.46. The maximum absolute atomic E-state index is 6.41. The molecule has 0 saturated carbocycles. The molecule has 23 heavy (non-hydrogen) atoms. The van der Waals surface area contributed by atoms with E-state index in [1.807, 2.05) is 0 Å². The van der Waals surface area contributed by atoms with Crippen LogP contribution in [0, 0.1) is 5.41 Å². The summed E-state index contributed by atoms with van der Waals surface area (Å²) < 4.78 is 17.1. The van der Waals surface area contributed by atoms with Crippen LogP contribution in [0.15, 0.2) is 30.3 Å². The van der Waals surface area contributed by atoms with E-state index >= 15 is 0 Å². The fraction of sp³-hybridized carbons (Fsp3) is 0.684. The predicted molar refractivity (Wildman–Crippen MR) is 92.6 cm³/mol. The van der Waals surface area contributed by atoms with E-state index in [4.69, 9.17) is 14.2 Å². The van der Waals surface area contributed by atoms with Crippen molar-refractivity contribution < 1.29 is 14.2 Å². The van der Waals surface area contributed by atoms with Gasteiger partial charge in [-0.15, -0.1) is 0 Å². The molecule has 1 aromatic rings. The zero-order chi connectivity index (χ0) is 16.7. The standard InChI is InChI=1S/C19H31NO3/c1-19(2,3)18-15-20(10-11-22-13-12-21-4)14-17(23-18)16-8-6-5-7-9-16/h5-9,17-18H,10-15H2,1-4H3/t17-,18+/m0/s1. The fourth-order valence-corrected chi connectivity index (χ4v) is 2.78. The second kappa shape index (κ2) is 8.78. The number of morpholine rings is 1. The highest BCUT2D eigenvalue weighted by Crippen LogP contribution is 2.33. The molecule has 0 aliphatic carbocycles. The highest BCUT2D eigenvalue weighted by Gasteiger charge is 2.35. The van der Waals surface area contributed by atoms with Gasteiger partial charge in [-0.1, -0.05) is 51.1 Å². The van der Waals surface area contributed by atoms with Gasteiger partial charge >= 0.3 is 0 Å². The second-order valence-corrected chi connectivity index (χ2v) is 7.25. The highest BCUT2D eigenvalue weighted by molar-refractivity contribution is 5.18. The van der Waals surface area contributed by atoms with Crippen molar-refractivity contribution in [3.8, 4) is 0 Å². The van der Waals surface area contributed by atoms with E-state index in [9.17, 15) is 0 Å². The van der Waals surface area contributed by atoms with Gasteiger partial charge < -0.3 is 14.2 Å². The van der Waals surface area contributed by atoms with Crippen molar-refractivity contribution in [2.24, 2.45) is 5.41 Å². The molecule has 0 N–H and O–H groups in total. The van der Waals surface area contributed by atoms with Crippen LogP contribution in [0.4, 0.5) is 0 Å². The summed E-state index contributed by atoms with van der Waals surface area (Å²) in [7, 11) is 1.70. The van der Waals surface area contributed by atoms with E-state index in [1.54, 1.807) is 7.11 Å². The quantitative estimate of drug-likeness (QED) is 0.722. The van der Waals surface area contributed by atoms with E-state index < -0.39 is 0 Å². The van der Waals surface area contributed by atoms with Crippen molar-refractivity contribution in [3.05, 3.63) is 35.9 Å². The summed E-state index contributed by atoms with van der Waals surface area (Å²) in [5.41, 5.74) is 1.38. The smallest absolute Gasteiger partial charge is 0.0956 e. The topological polar surface area (TPSA) is 30.9 Å². The Hall–Kier alpha value is -0.940. The minimum absolute atomic E-state index is 0.128. The molecule has 0 amide bonds. The third-order valence-electron chi connectivity index (χ3n) is 4.30. The van der Waals surface area contributed by atoms with Crippen LogP contribution in [-0.2, 0) is 14.2 Å². The van der Waals surface area contributed by atoms with E-state index in [0.29, 0.717) is 13.2 Å². The molecule has 1 aromatic carbocycles. The van der Waals surface area contributed by atoms with E-state index in [1.165, 1.54) is 5.56 Å². The number of rotatable bonds is 7. The SMILES string of the molecule is COCCOCCN1C[C@@H](c2ccccc2)O[C@@H](C(C)(C)C)C1. The monoisotopic (exact) mass is 321 g/mol. The summed E-state index contributed by atoms with van der Waals surface area (Å²) in [6, 6.07) is 10.5. The Morgan fingerprint density at radius 2 is 1.83 bits per heavy atom. The van der Waals surface area contributed by atoms with Crippen molar-refractivity contribution in [2.45, 2.75) is 33.0 Å². The summed E-state index contributed by atoms with van der Waals surface area (Å²) >= 11 is 0. The first-order valence-electron chi connectivity index (χ1n) is 8.50. The first-order chi connectivity index (χ1) is 11.0. The van der Waals surface area contributed by atoms with Gasteiger partial charge in [-0.25, -0.2) is 0 Å². The van der Waals surface area contributed by atoms with E-state index in [-0.39, 0.29) is 17.6 Å².